The van der Waals surface area contributed by atoms with Crippen molar-refractivity contribution < 1.29 is 4.79 Å². The molecule has 5 heteroatoms. The molecule has 0 radical (unpaired) electrons. The van der Waals surface area contributed by atoms with E-state index in [-0.39, 0.29) is 5.92 Å². The Morgan fingerprint density at radius 1 is 1.00 bits per heavy atom. The Morgan fingerprint density at radius 2 is 1.62 bits per heavy atom. The highest BCUT2D eigenvalue weighted by Crippen LogP contribution is 2.30. The SMILES string of the molecule is CC.CC.Cc1cn(C2CCN(C(=O)C3CCN(C)CC3)CC2)c2ccncc12. The van der Waals surface area contributed by atoms with Crippen LogP contribution in [0.25, 0.3) is 10.9 Å². The summed E-state index contributed by atoms with van der Waals surface area (Å²) in [5.74, 6) is 0.637. The van der Waals surface area contributed by atoms with Gasteiger partial charge in [-0.05, 0) is 64.4 Å². The van der Waals surface area contributed by atoms with Crippen molar-refractivity contribution in [1.82, 2.24) is 19.4 Å². The maximum absolute atomic E-state index is 12.8. The predicted molar refractivity (Wildman–Crippen MR) is 122 cm³/mol. The zero-order valence-corrected chi connectivity index (χ0v) is 19.3. The summed E-state index contributed by atoms with van der Waals surface area (Å²) in [6, 6.07) is 2.60. The standard InChI is InChI=1S/C20H28N4O.2C2H6/c1-15-14-24(19-3-8-21-13-18(15)19)17-6-11-23(12-7-17)20(25)16-4-9-22(2)10-5-16;2*1-2/h3,8,13-14,16-17H,4-7,9-12H2,1-2H3;2*1-2H3. The molecule has 2 saturated heterocycles. The van der Waals surface area contributed by atoms with Gasteiger partial charge in [-0.3, -0.25) is 9.78 Å². The van der Waals surface area contributed by atoms with Gasteiger partial charge in [0.1, 0.15) is 0 Å². The van der Waals surface area contributed by atoms with E-state index in [0.717, 1.165) is 51.9 Å². The van der Waals surface area contributed by atoms with E-state index < -0.39 is 0 Å². The molecule has 4 rings (SSSR count). The molecule has 0 saturated carbocycles. The van der Waals surface area contributed by atoms with Gasteiger partial charge in [0.05, 0.1) is 5.52 Å². The molecule has 2 aliphatic rings. The molecule has 0 aromatic carbocycles. The lowest BCUT2D eigenvalue weighted by molar-refractivity contribution is -0.138. The maximum atomic E-state index is 12.8. The van der Waals surface area contributed by atoms with Crippen LogP contribution in [-0.2, 0) is 4.79 Å². The number of pyridine rings is 1. The number of hydrogen-bond acceptors (Lipinski definition) is 3. The Morgan fingerprint density at radius 3 is 2.24 bits per heavy atom. The van der Waals surface area contributed by atoms with Gasteiger partial charge in [0.25, 0.3) is 0 Å². The van der Waals surface area contributed by atoms with Crippen molar-refractivity contribution in [3.63, 3.8) is 0 Å². The van der Waals surface area contributed by atoms with Crippen LogP contribution in [0.5, 0.6) is 0 Å². The summed E-state index contributed by atoms with van der Waals surface area (Å²) < 4.78 is 2.41. The molecular weight excluding hydrogens is 360 g/mol. The predicted octanol–water partition coefficient (Wildman–Crippen LogP) is 4.90. The third kappa shape index (κ3) is 5.39. The van der Waals surface area contributed by atoms with Crippen LogP contribution >= 0.6 is 0 Å². The number of fused-ring (bicyclic) bond motifs is 1. The lowest BCUT2D eigenvalue weighted by Crippen LogP contribution is -2.45. The van der Waals surface area contributed by atoms with E-state index in [9.17, 15) is 4.79 Å². The molecule has 4 heterocycles. The van der Waals surface area contributed by atoms with Crippen molar-refractivity contribution in [2.24, 2.45) is 5.92 Å². The largest absolute Gasteiger partial charge is 0.344 e. The van der Waals surface area contributed by atoms with Gasteiger partial charge in [0.2, 0.25) is 5.91 Å². The van der Waals surface area contributed by atoms with E-state index in [4.69, 9.17) is 0 Å². The number of rotatable bonds is 2. The van der Waals surface area contributed by atoms with Gasteiger partial charge in [-0.25, -0.2) is 0 Å². The molecule has 0 atom stereocenters. The molecule has 29 heavy (non-hydrogen) atoms. The van der Waals surface area contributed by atoms with Crippen LogP contribution < -0.4 is 0 Å². The molecule has 0 bridgehead atoms. The Bertz CT molecular complexity index is 753. The van der Waals surface area contributed by atoms with Crippen LogP contribution in [0.4, 0.5) is 0 Å². The molecule has 162 valence electrons. The summed E-state index contributed by atoms with van der Waals surface area (Å²) in [6.07, 6.45) is 10.2. The van der Waals surface area contributed by atoms with Gasteiger partial charge < -0.3 is 14.4 Å². The highest BCUT2D eigenvalue weighted by Gasteiger charge is 2.30. The van der Waals surface area contributed by atoms with Crippen molar-refractivity contribution in [3.8, 4) is 0 Å². The van der Waals surface area contributed by atoms with Crippen LogP contribution in [0.15, 0.2) is 24.7 Å². The van der Waals surface area contributed by atoms with Crippen molar-refractivity contribution in [1.29, 1.82) is 0 Å². The van der Waals surface area contributed by atoms with Gasteiger partial charge in [0, 0.05) is 49.0 Å². The number of carbonyl (C=O) groups is 1. The van der Waals surface area contributed by atoms with Crippen molar-refractivity contribution in [2.45, 2.75) is 66.3 Å². The van der Waals surface area contributed by atoms with E-state index in [1.165, 1.54) is 16.5 Å². The van der Waals surface area contributed by atoms with Crippen LogP contribution in [0.3, 0.4) is 0 Å². The number of nitrogens with zero attached hydrogens (tertiary/aromatic N) is 4. The first-order valence-corrected chi connectivity index (χ1v) is 11.5. The molecule has 2 fully saturated rings. The second kappa shape index (κ2) is 11.3. The topological polar surface area (TPSA) is 41.4 Å². The van der Waals surface area contributed by atoms with Crippen LogP contribution in [0, 0.1) is 12.8 Å². The number of amides is 1. The smallest absolute Gasteiger partial charge is 0.225 e. The summed E-state index contributed by atoms with van der Waals surface area (Å²) in [4.78, 5) is 21.5. The first-order chi connectivity index (χ1) is 14.1. The minimum absolute atomic E-state index is 0.244. The van der Waals surface area contributed by atoms with Crippen LogP contribution in [0.1, 0.15) is 65.0 Å². The summed E-state index contributed by atoms with van der Waals surface area (Å²) >= 11 is 0. The maximum Gasteiger partial charge on any atom is 0.225 e. The summed E-state index contributed by atoms with van der Waals surface area (Å²) in [5.41, 5.74) is 2.56. The molecule has 2 aromatic heterocycles. The minimum Gasteiger partial charge on any atom is -0.344 e. The van der Waals surface area contributed by atoms with Gasteiger partial charge >= 0.3 is 0 Å². The van der Waals surface area contributed by atoms with E-state index in [1.54, 1.807) is 0 Å². The molecule has 2 aliphatic heterocycles. The molecule has 0 unspecified atom stereocenters. The van der Waals surface area contributed by atoms with Crippen LogP contribution in [-0.4, -0.2) is 58.5 Å². The summed E-state index contributed by atoms with van der Waals surface area (Å²) in [5, 5.41) is 1.24. The second-order valence-corrected chi connectivity index (χ2v) is 7.75. The summed E-state index contributed by atoms with van der Waals surface area (Å²) in [7, 11) is 2.14. The van der Waals surface area contributed by atoms with Crippen molar-refractivity contribution in [3.05, 3.63) is 30.2 Å². The van der Waals surface area contributed by atoms with Crippen molar-refractivity contribution >= 4 is 16.8 Å². The monoisotopic (exact) mass is 400 g/mol. The van der Waals surface area contributed by atoms with Gasteiger partial charge in [0.15, 0.2) is 0 Å². The third-order valence-corrected chi connectivity index (χ3v) is 6.07. The Hall–Kier alpha value is -1.88. The third-order valence-electron chi connectivity index (χ3n) is 6.07. The average Bonchev–Trinajstić information content (AvgIpc) is 3.13. The number of aryl methyl sites for hydroxylation is 1. The van der Waals surface area contributed by atoms with Crippen LogP contribution in [0.2, 0.25) is 0 Å². The first kappa shape index (κ1) is 23.4. The molecule has 5 nitrogen and oxygen atoms in total. The van der Waals surface area contributed by atoms with Gasteiger partial charge in [-0.2, -0.15) is 0 Å². The van der Waals surface area contributed by atoms with E-state index >= 15 is 0 Å². The fourth-order valence-electron chi connectivity index (χ4n) is 4.44. The Labute approximate surface area is 177 Å². The average molecular weight is 401 g/mol. The number of carbonyl (C=O) groups excluding carboxylic acids is 1. The number of piperidine rings is 2. The first-order valence-electron chi connectivity index (χ1n) is 11.5. The lowest BCUT2D eigenvalue weighted by atomic mass is 9.94. The minimum atomic E-state index is 0.244. The quantitative estimate of drug-likeness (QED) is 0.720. The highest BCUT2D eigenvalue weighted by molar-refractivity contribution is 5.83. The lowest BCUT2D eigenvalue weighted by Gasteiger charge is -2.37. The molecular formula is C24H40N4O. The van der Waals surface area contributed by atoms with E-state index in [0.29, 0.717) is 11.9 Å². The van der Waals surface area contributed by atoms with Gasteiger partial charge in [-0.1, -0.05) is 27.7 Å². The zero-order valence-electron chi connectivity index (χ0n) is 19.3. The highest BCUT2D eigenvalue weighted by atomic mass is 16.2. The second-order valence-electron chi connectivity index (χ2n) is 7.75. The fourth-order valence-corrected chi connectivity index (χ4v) is 4.44. The number of aromatic nitrogens is 2. The van der Waals surface area contributed by atoms with Gasteiger partial charge in [-0.15, -0.1) is 0 Å². The van der Waals surface area contributed by atoms with E-state index in [2.05, 4.69) is 45.6 Å². The molecule has 0 aliphatic carbocycles. The Balaban J connectivity index is 0.000000707. The fraction of sp³-hybridized carbons (Fsp3) is 0.667. The number of hydrogen-bond donors (Lipinski definition) is 0. The molecule has 0 N–H and O–H groups in total. The normalized spacial score (nSPS) is 18.6. The zero-order chi connectivity index (χ0) is 21.4. The molecule has 0 spiro atoms. The molecule has 2 aromatic rings. The summed E-state index contributed by atoms with van der Waals surface area (Å²) in [6.45, 7) is 14.0. The van der Waals surface area contributed by atoms with Crippen molar-refractivity contribution in [2.75, 3.05) is 33.2 Å². The van der Waals surface area contributed by atoms with E-state index in [1.807, 2.05) is 40.1 Å². The number of likely N-dealkylation sites (tertiary alicyclic amines) is 2. The Kier molecular flexibility index (Phi) is 9.15. The molecule has 1 amide bonds.